The maximum Gasteiger partial charge on any atom is 0.237 e. The van der Waals surface area contributed by atoms with Crippen molar-refractivity contribution in [2.75, 3.05) is 38.0 Å². The van der Waals surface area contributed by atoms with E-state index in [0.29, 0.717) is 25.6 Å². The molecule has 7 heteroatoms. The summed E-state index contributed by atoms with van der Waals surface area (Å²) in [4.78, 5) is 30.6. The van der Waals surface area contributed by atoms with E-state index in [0.717, 1.165) is 24.5 Å². The van der Waals surface area contributed by atoms with Crippen LogP contribution in [0.25, 0.3) is 0 Å². The van der Waals surface area contributed by atoms with E-state index in [2.05, 4.69) is 39.7 Å². The van der Waals surface area contributed by atoms with Gasteiger partial charge in [-0.05, 0) is 30.5 Å². The number of aromatic nitrogens is 1. The number of carbonyl (C=O) groups excluding carboxylic acids is 2. The van der Waals surface area contributed by atoms with Crippen LogP contribution in [0.1, 0.15) is 25.8 Å². The Balaban J connectivity index is 1.75. The number of amides is 2. The van der Waals surface area contributed by atoms with E-state index in [4.69, 9.17) is 0 Å². The molecule has 2 rings (SSSR count). The van der Waals surface area contributed by atoms with E-state index in [1.807, 2.05) is 19.1 Å². The second-order valence-corrected chi connectivity index (χ2v) is 6.89. The predicted molar refractivity (Wildman–Crippen MR) is 98.3 cm³/mol. The highest BCUT2D eigenvalue weighted by Crippen LogP contribution is 2.11. The number of rotatable bonds is 8. The van der Waals surface area contributed by atoms with E-state index in [9.17, 15) is 9.59 Å². The van der Waals surface area contributed by atoms with Crippen molar-refractivity contribution in [3.8, 4) is 0 Å². The third-order valence-electron chi connectivity index (χ3n) is 4.09. The van der Waals surface area contributed by atoms with E-state index in [1.165, 1.54) is 0 Å². The first-order valence-corrected chi connectivity index (χ1v) is 8.90. The Hall–Kier alpha value is -2.15. The molecule has 1 fully saturated rings. The van der Waals surface area contributed by atoms with Gasteiger partial charge in [-0.3, -0.25) is 14.5 Å². The molecule has 1 aliphatic heterocycles. The molecule has 1 aromatic rings. The van der Waals surface area contributed by atoms with Gasteiger partial charge in [0, 0.05) is 38.9 Å². The summed E-state index contributed by atoms with van der Waals surface area (Å²) in [6, 6.07) is 3.52. The van der Waals surface area contributed by atoms with Crippen LogP contribution in [0.5, 0.6) is 0 Å². The van der Waals surface area contributed by atoms with Crippen LogP contribution in [0, 0.1) is 12.8 Å². The maximum atomic E-state index is 12.2. The molecule has 25 heavy (non-hydrogen) atoms. The van der Waals surface area contributed by atoms with Gasteiger partial charge in [-0.2, -0.15) is 0 Å². The van der Waals surface area contributed by atoms with Crippen molar-refractivity contribution >= 4 is 17.6 Å². The molecule has 0 radical (unpaired) electrons. The summed E-state index contributed by atoms with van der Waals surface area (Å²) < 4.78 is 0. The molecule has 7 nitrogen and oxygen atoms in total. The third kappa shape index (κ3) is 6.34. The van der Waals surface area contributed by atoms with E-state index >= 15 is 0 Å². The topological polar surface area (TPSA) is 86.4 Å². The minimum absolute atomic E-state index is 0.0517. The fourth-order valence-electron chi connectivity index (χ4n) is 2.94. The quantitative estimate of drug-likeness (QED) is 0.605. The number of hydrogen-bond donors (Lipinski definition) is 3. The lowest BCUT2D eigenvalue weighted by atomic mass is 10.1. The van der Waals surface area contributed by atoms with Gasteiger partial charge >= 0.3 is 0 Å². The average Bonchev–Trinajstić information content (AvgIpc) is 2.54. The number of pyridine rings is 1. The number of anilines is 1. The summed E-state index contributed by atoms with van der Waals surface area (Å²) in [6.07, 6.45) is 1.95. The Morgan fingerprint density at radius 2 is 2.24 bits per heavy atom. The van der Waals surface area contributed by atoms with Crippen LogP contribution in [0.2, 0.25) is 0 Å². The standard InChI is InChI=1S/C18H29N5O2/c1-13(2)12-23-9-8-22-18(25)15(23)11-17(24)21-7-6-20-16-10-14(3)4-5-19-16/h4-5,10,13,15H,6-9,11-12H2,1-3H3,(H,19,20)(H,21,24)(H,22,25)/t15-/m1/s1. The van der Waals surface area contributed by atoms with Crippen molar-refractivity contribution in [2.24, 2.45) is 5.92 Å². The summed E-state index contributed by atoms with van der Waals surface area (Å²) in [6.45, 7) is 9.60. The van der Waals surface area contributed by atoms with Crippen LogP contribution in [0.15, 0.2) is 18.3 Å². The predicted octanol–water partition coefficient (Wildman–Crippen LogP) is 0.765. The van der Waals surface area contributed by atoms with Gasteiger partial charge in [-0.1, -0.05) is 13.8 Å². The van der Waals surface area contributed by atoms with Crippen LogP contribution >= 0.6 is 0 Å². The van der Waals surface area contributed by atoms with Crippen LogP contribution in [0.3, 0.4) is 0 Å². The normalized spacial score (nSPS) is 18.1. The van der Waals surface area contributed by atoms with Crippen molar-refractivity contribution in [3.05, 3.63) is 23.9 Å². The SMILES string of the molecule is Cc1ccnc(NCCNC(=O)C[C@@H]2C(=O)NCCN2CC(C)C)c1. The third-order valence-corrected chi connectivity index (χ3v) is 4.09. The Morgan fingerprint density at radius 1 is 1.44 bits per heavy atom. The van der Waals surface area contributed by atoms with Gasteiger partial charge in [0.1, 0.15) is 5.82 Å². The largest absolute Gasteiger partial charge is 0.368 e. The Morgan fingerprint density at radius 3 is 2.96 bits per heavy atom. The zero-order valence-electron chi connectivity index (χ0n) is 15.3. The zero-order valence-corrected chi connectivity index (χ0v) is 15.3. The van der Waals surface area contributed by atoms with Crippen LogP contribution in [-0.4, -0.2) is 60.5 Å². The van der Waals surface area contributed by atoms with Gasteiger partial charge < -0.3 is 16.0 Å². The van der Waals surface area contributed by atoms with Gasteiger partial charge in [0.15, 0.2) is 0 Å². The van der Waals surface area contributed by atoms with Crippen molar-refractivity contribution in [3.63, 3.8) is 0 Å². The summed E-state index contributed by atoms with van der Waals surface area (Å²) in [5.41, 5.74) is 1.13. The zero-order chi connectivity index (χ0) is 18.2. The maximum absolute atomic E-state index is 12.2. The smallest absolute Gasteiger partial charge is 0.237 e. The number of nitrogens with zero attached hydrogens (tertiary/aromatic N) is 2. The van der Waals surface area contributed by atoms with E-state index in [1.54, 1.807) is 6.20 Å². The molecule has 0 aliphatic carbocycles. The van der Waals surface area contributed by atoms with Crippen molar-refractivity contribution in [1.82, 2.24) is 20.5 Å². The molecule has 1 aromatic heterocycles. The minimum Gasteiger partial charge on any atom is -0.368 e. The van der Waals surface area contributed by atoms with Crippen LogP contribution < -0.4 is 16.0 Å². The number of aryl methyl sites for hydroxylation is 1. The molecule has 0 saturated carbocycles. The highest BCUT2D eigenvalue weighted by atomic mass is 16.2. The van der Waals surface area contributed by atoms with Gasteiger partial charge in [0.05, 0.1) is 12.5 Å². The first-order valence-electron chi connectivity index (χ1n) is 8.90. The highest BCUT2D eigenvalue weighted by Gasteiger charge is 2.31. The molecule has 1 atom stereocenters. The fraction of sp³-hybridized carbons (Fsp3) is 0.611. The van der Waals surface area contributed by atoms with Crippen LogP contribution in [0.4, 0.5) is 5.82 Å². The molecular formula is C18H29N5O2. The molecule has 138 valence electrons. The van der Waals surface area contributed by atoms with Crippen molar-refractivity contribution in [1.29, 1.82) is 0 Å². The van der Waals surface area contributed by atoms with Gasteiger partial charge in [0.2, 0.25) is 11.8 Å². The Bertz CT molecular complexity index is 591. The first kappa shape index (κ1) is 19.2. The van der Waals surface area contributed by atoms with Gasteiger partial charge in [0.25, 0.3) is 0 Å². The molecule has 3 N–H and O–H groups in total. The lowest BCUT2D eigenvalue weighted by Gasteiger charge is -2.35. The molecule has 2 amide bonds. The number of piperazine rings is 1. The molecular weight excluding hydrogens is 318 g/mol. The van der Waals surface area contributed by atoms with E-state index in [-0.39, 0.29) is 24.3 Å². The second-order valence-electron chi connectivity index (χ2n) is 6.89. The lowest BCUT2D eigenvalue weighted by Crippen LogP contribution is -2.57. The minimum atomic E-state index is -0.373. The van der Waals surface area contributed by atoms with Crippen LogP contribution in [-0.2, 0) is 9.59 Å². The first-order chi connectivity index (χ1) is 12.0. The molecule has 0 aromatic carbocycles. The number of hydrogen-bond acceptors (Lipinski definition) is 5. The molecule has 0 bridgehead atoms. The second kappa shape index (κ2) is 9.36. The Labute approximate surface area is 149 Å². The molecule has 0 unspecified atom stereocenters. The summed E-state index contributed by atoms with van der Waals surface area (Å²) in [7, 11) is 0. The molecule has 1 aliphatic rings. The van der Waals surface area contributed by atoms with Crippen molar-refractivity contribution in [2.45, 2.75) is 33.2 Å². The monoisotopic (exact) mass is 347 g/mol. The van der Waals surface area contributed by atoms with Gasteiger partial charge in [-0.25, -0.2) is 4.98 Å². The highest BCUT2D eigenvalue weighted by molar-refractivity contribution is 5.88. The summed E-state index contributed by atoms with van der Waals surface area (Å²) in [5, 5.41) is 8.90. The lowest BCUT2D eigenvalue weighted by molar-refractivity contribution is -0.134. The number of nitrogens with one attached hydrogen (secondary N) is 3. The number of carbonyl (C=O) groups is 2. The van der Waals surface area contributed by atoms with Crippen molar-refractivity contribution < 1.29 is 9.59 Å². The van der Waals surface area contributed by atoms with Gasteiger partial charge in [-0.15, -0.1) is 0 Å². The average molecular weight is 347 g/mol. The molecule has 1 saturated heterocycles. The summed E-state index contributed by atoms with van der Waals surface area (Å²) in [5.74, 6) is 1.10. The summed E-state index contributed by atoms with van der Waals surface area (Å²) >= 11 is 0. The fourth-order valence-corrected chi connectivity index (χ4v) is 2.94. The molecule has 0 spiro atoms. The molecule has 2 heterocycles. The Kier molecular flexibility index (Phi) is 7.18. The van der Waals surface area contributed by atoms with E-state index < -0.39 is 0 Å².